The molecule has 100 valence electrons. The fraction of sp³-hybridized carbons (Fsp3) is 0.125. The van der Waals surface area contributed by atoms with Crippen LogP contribution in [0.25, 0.3) is 21.7 Å². The lowest BCUT2D eigenvalue weighted by Gasteiger charge is -2.11. The summed E-state index contributed by atoms with van der Waals surface area (Å²) >= 11 is 0. The molecule has 4 heteroatoms. The summed E-state index contributed by atoms with van der Waals surface area (Å²) in [7, 11) is 1.54. The number of furan rings is 1. The first kappa shape index (κ1) is 12.4. The van der Waals surface area contributed by atoms with Crippen LogP contribution in [0.15, 0.2) is 28.9 Å². The van der Waals surface area contributed by atoms with Gasteiger partial charge in [-0.3, -0.25) is 9.59 Å². The first-order valence-corrected chi connectivity index (χ1v) is 6.13. The Morgan fingerprint density at radius 2 is 1.95 bits per heavy atom. The molecule has 0 saturated carbocycles. The van der Waals surface area contributed by atoms with Crippen LogP contribution in [0.2, 0.25) is 0 Å². The number of benzene rings is 2. The second-order valence-corrected chi connectivity index (χ2v) is 4.58. The first-order chi connectivity index (χ1) is 9.72. The molecule has 3 rings (SSSR count). The molecule has 0 N–H and O–H groups in total. The van der Waals surface area contributed by atoms with Crippen molar-refractivity contribution < 1.29 is 18.7 Å². The summed E-state index contributed by atoms with van der Waals surface area (Å²) in [4.78, 5) is 22.7. The van der Waals surface area contributed by atoms with Gasteiger partial charge in [-0.05, 0) is 17.9 Å². The summed E-state index contributed by atoms with van der Waals surface area (Å²) in [5, 5.41) is 2.10. The predicted octanol–water partition coefficient (Wildman–Crippen LogP) is 3.53. The van der Waals surface area contributed by atoms with Crippen LogP contribution in [0, 0.1) is 6.92 Å². The molecule has 0 saturated heterocycles. The van der Waals surface area contributed by atoms with E-state index in [-0.39, 0.29) is 0 Å². The number of aryl methyl sites for hydroxylation is 1. The number of fused-ring (bicyclic) bond motifs is 2. The van der Waals surface area contributed by atoms with Gasteiger partial charge in [0.25, 0.3) is 0 Å². The van der Waals surface area contributed by atoms with E-state index in [0.29, 0.717) is 34.1 Å². The van der Waals surface area contributed by atoms with Crippen molar-refractivity contribution in [3.05, 3.63) is 41.2 Å². The van der Waals surface area contributed by atoms with Crippen LogP contribution in [-0.2, 0) is 0 Å². The van der Waals surface area contributed by atoms with E-state index in [2.05, 4.69) is 0 Å². The number of hydrogen-bond acceptors (Lipinski definition) is 4. The van der Waals surface area contributed by atoms with Crippen molar-refractivity contribution in [2.24, 2.45) is 0 Å². The normalized spacial score (nSPS) is 10.9. The van der Waals surface area contributed by atoms with Crippen molar-refractivity contribution in [3.8, 4) is 5.75 Å². The Hall–Kier alpha value is -2.62. The number of methoxy groups -OCH3 is 1. The molecule has 0 aliphatic heterocycles. The molecule has 4 nitrogen and oxygen atoms in total. The Kier molecular flexibility index (Phi) is 2.79. The molecule has 0 spiro atoms. The summed E-state index contributed by atoms with van der Waals surface area (Å²) < 4.78 is 10.9. The SMILES string of the molecule is COc1c2cccc(C)c2c(C=O)c2c(C=O)coc12. The van der Waals surface area contributed by atoms with E-state index in [0.717, 1.165) is 22.6 Å². The summed E-state index contributed by atoms with van der Waals surface area (Å²) in [6, 6.07) is 5.68. The van der Waals surface area contributed by atoms with Gasteiger partial charge in [0.1, 0.15) is 6.26 Å². The minimum Gasteiger partial charge on any atom is -0.492 e. The molecular weight excluding hydrogens is 256 g/mol. The lowest BCUT2D eigenvalue weighted by atomic mass is 9.95. The van der Waals surface area contributed by atoms with E-state index < -0.39 is 0 Å². The van der Waals surface area contributed by atoms with Crippen LogP contribution >= 0.6 is 0 Å². The van der Waals surface area contributed by atoms with Gasteiger partial charge in [0.05, 0.1) is 12.7 Å². The summed E-state index contributed by atoms with van der Waals surface area (Å²) in [6.45, 7) is 1.92. The first-order valence-electron chi connectivity index (χ1n) is 6.13. The van der Waals surface area contributed by atoms with Gasteiger partial charge in [-0.1, -0.05) is 18.2 Å². The molecule has 3 aromatic rings. The third-order valence-electron chi connectivity index (χ3n) is 3.53. The minimum absolute atomic E-state index is 0.352. The maximum absolute atomic E-state index is 11.6. The van der Waals surface area contributed by atoms with Crippen LogP contribution in [0.4, 0.5) is 0 Å². The van der Waals surface area contributed by atoms with Crippen molar-refractivity contribution in [1.29, 1.82) is 0 Å². The lowest BCUT2D eigenvalue weighted by molar-refractivity contribution is 0.112. The van der Waals surface area contributed by atoms with Gasteiger partial charge in [0.15, 0.2) is 23.9 Å². The molecule has 0 radical (unpaired) electrons. The van der Waals surface area contributed by atoms with Crippen LogP contribution in [-0.4, -0.2) is 19.7 Å². The number of aldehydes is 2. The Bertz CT molecular complexity index is 843. The molecule has 1 aromatic heterocycles. The molecule has 0 amide bonds. The fourth-order valence-electron chi connectivity index (χ4n) is 2.69. The summed E-state index contributed by atoms with van der Waals surface area (Å²) in [6.07, 6.45) is 2.80. The Balaban J connectivity index is 2.70. The molecule has 0 fully saturated rings. The van der Waals surface area contributed by atoms with Gasteiger partial charge in [-0.2, -0.15) is 0 Å². The summed E-state index contributed by atoms with van der Waals surface area (Å²) in [5.41, 5.74) is 2.19. The van der Waals surface area contributed by atoms with Crippen LogP contribution in [0.5, 0.6) is 5.75 Å². The molecule has 0 unspecified atom stereocenters. The van der Waals surface area contributed by atoms with Gasteiger partial charge in [0.2, 0.25) is 0 Å². The van der Waals surface area contributed by atoms with Crippen LogP contribution < -0.4 is 4.74 Å². The molecule has 1 heterocycles. The average Bonchev–Trinajstić information content (AvgIpc) is 2.89. The quantitative estimate of drug-likeness (QED) is 0.682. The number of carbonyl (C=O) groups is 2. The standard InChI is InChI=1S/C16H12O4/c1-9-4-3-5-11-13(9)12(7-18)14-10(6-17)8-20-16(14)15(11)19-2/h3-8H,1-2H3. The fourth-order valence-corrected chi connectivity index (χ4v) is 2.69. The highest BCUT2D eigenvalue weighted by atomic mass is 16.5. The highest BCUT2D eigenvalue weighted by molar-refractivity contribution is 6.19. The van der Waals surface area contributed by atoms with Crippen molar-refractivity contribution >= 4 is 34.3 Å². The number of rotatable bonds is 3. The Morgan fingerprint density at radius 3 is 2.60 bits per heavy atom. The third kappa shape index (κ3) is 1.48. The minimum atomic E-state index is 0.352. The van der Waals surface area contributed by atoms with Crippen molar-refractivity contribution in [1.82, 2.24) is 0 Å². The molecule has 0 bridgehead atoms. The van der Waals surface area contributed by atoms with Crippen LogP contribution in [0.3, 0.4) is 0 Å². The maximum Gasteiger partial charge on any atom is 0.177 e. The molecule has 0 atom stereocenters. The smallest absolute Gasteiger partial charge is 0.177 e. The number of ether oxygens (including phenoxy) is 1. The largest absolute Gasteiger partial charge is 0.492 e. The van der Waals surface area contributed by atoms with E-state index in [9.17, 15) is 9.59 Å². The monoisotopic (exact) mass is 268 g/mol. The molecular formula is C16H12O4. The number of carbonyl (C=O) groups excluding carboxylic acids is 2. The Labute approximate surface area is 114 Å². The van der Waals surface area contributed by atoms with E-state index in [1.165, 1.54) is 6.26 Å². The predicted molar refractivity (Wildman–Crippen MR) is 75.8 cm³/mol. The summed E-state index contributed by atoms with van der Waals surface area (Å²) in [5.74, 6) is 0.539. The van der Waals surface area contributed by atoms with Gasteiger partial charge < -0.3 is 9.15 Å². The second kappa shape index (κ2) is 4.49. The molecule has 0 aliphatic carbocycles. The van der Waals surface area contributed by atoms with Gasteiger partial charge in [0, 0.05) is 16.3 Å². The van der Waals surface area contributed by atoms with Gasteiger partial charge in [-0.25, -0.2) is 0 Å². The molecule has 20 heavy (non-hydrogen) atoms. The zero-order chi connectivity index (χ0) is 14.3. The maximum atomic E-state index is 11.6. The Morgan fingerprint density at radius 1 is 1.15 bits per heavy atom. The van der Waals surface area contributed by atoms with Gasteiger partial charge in [-0.15, -0.1) is 0 Å². The topological polar surface area (TPSA) is 56.5 Å². The zero-order valence-electron chi connectivity index (χ0n) is 11.1. The van der Waals surface area contributed by atoms with Crippen LogP contribution in [0.1, 0.15) is 26.3 Å². The van der Waals surface area contributed by atoms with Crippen molar-refractivity contribution in [2.75, 3.05) is 7.11 Å². The van der Waals surface area contributed by atoms with Crippen molar-refractivity contribution in [3.63, 3.8) is 0 Å². The lowest BCUT2D eigenvalue weighted by Crippen LogP contribution is -1.94. The van der Waals surface area contributed by atoms with E-state index >= 15 is 0 Å². The highest BCUT2D eigenvalue weighted by Crippen LogP contribution is 2.40. The average molecular weight is 268 g/mol. The van der Waals surface area contributed by atoms with E-state index in [1.807, 2.05) is 25.1 Å². The highest BCUT2D eigenvalue weighted by Gasteiger charge is 2.20. The molecule has 2 aromatic carbocycles. The molecule has 0 aliphatic rings. The van der Waals surface area contributed by atoms with Crippen molar-refractivity contribution in [2.45, 2.75) is 6.92 Å². The number of hydrogen-bond donors (Lipinski definition) is 0. The third-order valence-corrected chi connectivity index (χ3v) is 3.53. The second-order valence-electron chi connectivity index (χ2n) is 4.58. The van der Waals surface area contributed by atoms with E-state index in [4.69, 9.17) is 9.15 Å². The van der Waals surface area contributed by atoms with E-state index in [1.54, 1.807) is 7.11 Å². The zero-order valence-corrected chi connectivity index (χ0v) is 11.1. The van der Waals surface area contributed by atoms with Gasteiger partial charge >= 0.3 is 0 Å².